The van der Waals surface area contributed by atoms with E-state index in [9.17, 15) is 36.5 Å². The van der Waals surface area contributed by atoms with E-state index in [2.05, 4.69) is 12.1 Å². The van der Waals surface area contributed by atoms with Crippen molar-refractivity contribution < 1.29 is 30.5 Å². The number of benzene rings is 2. The summed E-state index contributed by atoms with van der Waals surface area (Å²) in [6.45, 7) is 2.57. The summed E-state index contributed by atoms with van der Waals surface area (Å²) in [5, 5.41) is 17.6. The predicted molar refractivity (Wildman–Crippen MR) is 141 cm³/mol. The third-order valence-corrected chi connectivity index (χ3v) is 10.4. The van der Waals surface area contributed by atoms with Crippen molar-refractivity contribution in [3.05, 3.63) is 57.6 Å². The van der Waals surface area contributed by atoms with E-state index in [0.717, 1.165) is 9.60 Å². The molecule has 3 aromatic rings. The molecular formula is C23H21N4O6S4+. The number of anilines is 1. The van der Waals surface area contributed by atoms with E-state index in [1.807, 2.05) is 0 Å². The maximum absolute atomic E-state index is 11.8. The molecule has 2 heterocycles. The second-order valence-electron chi connectivity index (χ2n) is 8.49. The van der Waals surface area contributed by atoms with E-state index in [1.165, 1.54) is 36.9 Å². The molecule has 2 atom stereocenters. The highest BCUT2D eigenvalue weighted by Gasteiger charge is 2.33. The Hall–Kier alpha value is -2.98. The molecule has 0 saturated heterocycles. The number of rotatable bonds is 7. The van der Waals surface area contributed by atoms with Gasteiger partial charge >= 0.3 is 0 Å². The number of nitrogens with zero attached hydrogens (tertiary/aromatic N) is 4. The Morgan fingerprint density at radius 1 is 1.00 bits per heavy atom. The van der Waals surface area contributed by atoms with Gasteiger partial charge in [-0.1, -0.05) is 23.1 Å². The minimum Gasteiger partial charge on any atom is -0.333 e. The van der Waals surface area contributed by atoms with Gasteiger partial charge in [0.05, 0.1) is 40.1 Å². The van der Waals surface area contributed by atoms with E-state index < -0.39 is 30.7 Å². The summed E-state index contributed by atoms with van der Waals surface area (Å²) in [6.07, 6.45) is 1.76. The van der Waals surface area contributed by atoms with Gasteiger partial charge in [-0.3, -0.25) is 9.11 Å². The lowest BCUT2D eigenvalue weighted by Gasteiger charge is -2.23. The molecule has 2 unspecified atom stereocenters. The van der Waals surface area contributed by atoms with Crippen molar-refractivity contribution in [2.24, 2.45) is 0 Å². The number of aromatic nitrogens is 1. The molecule has 0 spiro atoms. The second-order valence-corrected chi connectivity index (χ2v) is 14.3. The average molecular weight is 578 g/mol. The van der Waals surface area contributed by atoms with Gasteiger partial charge in [0, 0.05) is 17.5 Å². The minimum atomic E-state index is -4.34. The molecule has 10 nitrogen and oxygen atoms in total. The third kappa shape index (κ3) is 5.65. The van der Waals surface area contributed by atoms with Crippen LogP contribution in [-0.2, 0) is 26.8 Å². The molecule has 0 amide bonds. The maximum Gasteiger partial charge on any atom is 0.273 e. The first-order valence-electron chi connectivity index (χ1n) is 10.8. The van der Waals surface area contributed by atoms with Crippen molar-refractivity contribution in [1.82, 2.24) is 0 Å². The standard InChI is InChI=1S/C23H20N4O6S4/c1-14(36(28,29)30)12-26-18-7-16(10-24)3-5-20(18)34-22(26)9-23-27(13-15(2)37(31,32)33)19-8-17(11-25)4-6-21(19)35-23/h3-9,14-15H,12-13H2,1-2H3,(H-,28,29,30,31,32,33)/p+1. The molecule has 0 fully saturated rings. The highest BCUT2D eigenvalue weighted by atomic mass is 32.2. The molecule has 37 heavy (non-hydrogen) atoms. The monoisotopic (exact) mass is 577 g/mol. The zero-order valence-corrected chi connectivity index (χ0v) is 22.8. The van der Waals surface area contributed by atoms with Gasteiger partial charge in [-0.05, 0) is 44.2 Å². The van der Waals surface area contributed by atoms with Gasteiger partial charge < -0.3 is 4.90 Å². The third-order valence-electron chi connectivity index (χ3n) is 5.86. The summed E-state index contributed by atoms with van der Waals surface area (Å²) < 4.78 is 68.9. The number of nitriles is 2. The van der Waals surface area contributed by atoms with Crippen LogP contribution in [0.4, 0.5) is 5.69 Å². The fourth-order valence-corrected chi connectivity index (χ4v) is 6.67. The Kier molecular flexibility index (Phi) is 7.36. The molecular weight excluding hydrogens is 557 g/mol. The summed E-state index contributed by atoms with van der Waals surface area (Å²) in [4.78, 5) is 2.47. The van der Waals surface area contributed by atoms with E-state index in [4.69, 9.17) is 0 Å². The van der Waals surface area contributed by atoms with Crippen LogP contribution in [0.3, 0.4) is 0 Å². The number of thiazole rings is 1. The first-order valence-corrected chi connectivity index (χ1v) is 15.5. The normalized spacial score (nSPS) is 16.4. The average Bonchev–Trinajstić information content (AvgIpc) is 3.34. The van der Waals surface area contributed by atoms with Crippen molar-refractivity contribution in [1.29, 1.82) is 10.5 Å². The highest BCUT2D eigenvalue weighted by Crippen LogP contribution is 2.47. The molecule has 1 aromatic heterocycles. The van der Waals surface area contributed by atoms with Gasteiger partial charge in [0.2, 0.25) is 5.52 Å². The topological polar surface area (TPSA) is 163 Å². The van der Waals surface area contributed by atoms with Crippen LogP contribution >= 0.6 is 23.1 Å². The van der Waals surface area contributed by atoms with Gasteiger partial charge in [-0.15, -0.1) is 0 Å². The van der Waals surface area contributed by atoms with E-state index in [-0.39, 0.29) is 13.1 Å². The van der Waals surface area contributed by atoms with Gasteiger partial charge in [0.15, 0.2) is 6.54 Å². The molecule has 0 aliphatic carbocycles. The predicted octanol–water partition coefficient (Wildman–Crippen LogP) is 3.40. The highest BCUT2D eigenvalue weighted by molar-refractivity contribution is 8.04. The fourth-order valence-electron chi connectivity index (χ4n) is 3.74. The first kappa shape index (κ1) is 27.1. The molecule has 0 saturated carbocycles. The largest absolute Gasteiger partial charge is 0.333 e. The summed E-state index contributed by atoms with van der Waals surface area (Å²) >= 11 is 2.67. The Bertz CT molecular complexity index is 1730. The molecule has 1 aliphatic heterocycles. The quantitative estimate of drug-likeness (QED) is 0.314. The van der Waals surface area contributed by atoms with Crippen LogP contribution in [0.25, 0.3) is 16.3 Å². The van der Waals surface area contributed by atoms with Crippen LogP contribution in [0.5, 0.6) is 0 Å². The SMILES string of the molecule is CC(CN1C(=Cc2sc3ccc(C#N)cc3[n+]2CC(C)S(=O)(=O)O)Sc2ccc(C#N)cc21)S(=O)(=O)O. The van der Waals surface area contributed by atoms with Crippen molar-refractivity contribution in [2.45, 2.75) is 35.8 Å². The van der Waals surface area contributed by atoms with Crippen molar-refractivity contribution in [2.75, 3.05) is 11.4 Å². The van der Waals surface area contributed by atoms with Crippen LogP contribution in [-0.4, -0.2) is 43.0 Å². The molecule has 2 aromatic carbocycles. The Labute approximate surface area is 222 Å². The Morgan fingerprint density at radius 3 is 2.24 bits per heavy atom. The number of hydrogen-bond acceptors (Lipinski definition) is 9. The lowest BCUT2D eigenvalue weighted by atomic mass is 10.2. The van der Waals surface area contributed by atoms with Gasteiger partial charge in [0.1, 0.15) is 15.2 Å². The summed E-state index contributed by atoms with van der Waals surface area (Å²) in [5.74, 6) is 0. The molecule has 2 N–H and O–H groups in total. The number of fused-ring (bicyclic) bond motifs is 2. The summed E-state index contributed by atoms with van der Waals surface area (Å²) in [6, 6.07) is 14.2. The summed E-state index contributed by atoms with van der Waals surface area (Å²) in [7, 11) is -8.69. The first-order chi connectivity index (χ1) is 17.3. The Balaban J connectivity index is 1.88. The van der Waals surface area contributed by atoms with E-state index >= 15 is 0 Å². The minimum absolute atomic E-state index is 0.0928. The Morgan fingerprint density at radius 2 is 1.62 bits per heavy atom. The second kappa shape index (κ2) is 10.1. The fraction of sp³-hybridized carbons (Fsp3) is 0.261. The molecule has 1 aliphatic rings. The van der Waals surface area contributed by atoms with Crippen molar-refractivity contribution in [3.63, 3.8) is 0 Å². The van der Waals surface area contributed by atoms with Gasteiger partial charge in [-0.2, -0.15) is 31.9 Å². The molecule has 0 bridgehead atoms. The van der Waals surface area contributed by atoms with Crippen LogP contribution < -0.4 is 9.47 Å². The van der Waals surface area contributed by atoms with Crippen molar-refractivity contribution in [3.8, 4) is 12.1 Å². The van der Waals surface area contributed by atoms with Crippen LogP contribution in [0.2, 0.25) is 0 Å². The molecule has 4 rings (SSSR count). The van der Waals surface area contributed by atoms with Crippen LogP contribution in [0, 0.1) is 22.7 Å². The van der Waals surface area contributed by atoms with Gasteiger partial charge in [-0.25, -0.2) is 0 Å². The van der Waals surface area contributed by atoms with E-state index in [1.54, 1.807) is 51.9 Å². The molecule has 192 valence electrons. The van der Waals surface area contributed by atoms with Crippen LogP contribution in [0.15, 0.2) is 46.3 Å². The lowest BCUT2D eigenvalue weighted by molar-refractivity contribution is -0.667. The zero-order chi connectivity index (χ0) is 27.1. The smallest absolute Gasteiger partial charge is 0.273 e. The maximum atomic E-state index is 11.8. The van der Waals surface area contributed by atoms with E-state index in [0.29, 0.717) is 32.4 Å². The lowest BCUT2D eigenvalue weighted by Crippen LogP contribution is -2.43. The number of hydrogen-bond donors (Lipinski definition) is 2. The molecule has 14 heteroatoms. The summed E-state index contributed by atoms with van der Waals surface area (Å²) in [5.41, 5.74) is 1.98. The van der Waals surface area contributed by atoms with Gasteiger partial charge in [0.25, 0.3) is 25.2 Å². The number of thioether (sulfide) groups is 1. The zero-order valence-electron chi connectivity index (χ0n) is 19.6. The molecule has 0 radical (unpaired) electrons. The van der Waals surface area contributed by atoms with Crippen molar-refractivity contribution >= 4 is 65.3 Å². The van der Waals surface area contributed by atoms with Crippen LogP contribution in [0.1, 0.15) is 30.0 Å².